The smallest absolute Gasteiger partial charge is 0.251 e. The van der Waals surface area contributed by atoms with Crippen molar-refractivity contribution in [3.8, 4) is 28.4 Å². The number of aliphatic hydroxyl groups excluding tert-OH is 1. The Morgan fingerprint density at radius 1 is 0.708 bits per heavy atom. The number of aliphatic hydroxyl groups is 3. The lowest BCUT2D eigenvalue weighted by atomic mass is 9.95. The van der Waals surface area contributed by atoms with Crippen LogP contribution in [0.2, 0.25) is 0 Å². The normalized spacial score (nSPS) is 17.6. The Balaban J connectivity index is 0.000000181. The minimum atomic E-state index is -0.926. The van der Waals surface area contributed by atoms with Crippen molar-refractivity contribution in [2.75, 3.05) is 23.7 Å². The molecule has 2 aromatic carbocycles. The molecule has 0 radical (unpaired) electrons. The van der Waals surface area contributed by atoms with E-state index < -0.39 is 17.3 Å². The van der Waals surface area contributed by atoms with Crippen LogP contribution in [0.25, 0.3) is 33.8 Å². The van der Waals surface area contributed by atoms with Crippen LogP contribution < -0.4 is 26.0 Å². The number of halogens is 1. The highest BCUT2D eigenvalue weighted by Gasteiger charge is 2.28. The molecule has 9 rings (SSSR count). The molecular formula is C48H59BrN10O6. The molecule has 65 heavy (non-hydrogen) atoms. The second kappa shape index (κ2) is 18.7. The van der Waals surface area contributed by atoms with Crippen molar-refractivity contribution < 1.29 is 29.6 Å². The van der Waals surface area contributed by atoms with Gasteiger partial charge >= 0.3 is 0 Å². The number of nitrogens with one attached hydrogen (secondary N) is 4. The van der Waals surface area contributed by atoms with E-state index in [4.69, 9.17) is 9.84 Å². The van der Waals surface area contributed by atoms with Crippen LogP contribution in [-0.4, -0.2) is 105 Å². The number of imidazole rings is 2. The van der Waals surface area contributed by atoms with Crippen LogP contribution in [-0.2, 0) is 0 Å². The third-order valence-electron chi connectivity index (χ3n) is 11.6. The van der Waals surface area contributed by atoms with Gasteiger partial charge in [-0.2, -0.15) is 5.10 Å². The summed E-state index contributed by atoms with van der Waals surface area (Å²) in [6.07, 6.45) is 10.4. The van der Waals surface area contributed by atoms with Crippen molar-refractivity contribution in [1.29, 1.82) is 0 Å². The fourth-order valence-electron chi connectivity index (χ4n) is 7.73. The summed E-state index contributed by atoms with van der Waals surface area (Å²) in [4.78, 5) is 34.1. The maximum absolute atomic E-state index is 12.6. The highest BCUT2D eigenvalue weighted by atomic mass is 79.9. The number of anilines is 2. The van der Waals surface area contributed by atoms with Gasteiger partial charge < -0.3 is 41.3 Å². The van der Waals surface area contributed by atoms with Crippen LogP contribution in [0.3, 0.4) is 0 Å². The predicted molar refractivity (Wildman–Crippen MR) is 253 cm³/mol. The fourth-order valence-corrected chi connectivity index (χ4v) is 8.11. The number of hydrogen-bond donors (Lipinski definition) is 7. The zero-order valence-electron chi connectivity index (χ0n) is 37.8. The molecule has 2 amide bonds. The lowest BCUT2D eigenvalue weighted by Gasteiger charge is -2.28. The minimum absolute atomic E-state index is 0.0198. The van der Waals surface area contributed by atoms with Gasteiger partial charge in [0.1, 0.15) is 10.7 Å². The van der Waals surface area contributed by atoms with E-state index in [0.29, 0.717) is 70.2 Å². The molecular weight excluding hydrogens is 892 g/mol. The van der Waals surface area contributed by atoms with Gasteiger partial charge in [0.25, 0.3) is 11.8 Å². The van der Waals surface area contributed by atoms with Crippen LogP contribution in [0.4, 0.5) is 11.4 Å². The van der Waals surface area contributed by atoms with Crippen LogP contribution in [0.5, 0.6) is 5.88 Å². The summed E-state index contributed by atoms with van der Waals surface area (Å²) < 4.78 is 10.3. The zero-order valence-corrected chi connectivity index (χ0v) is 39.4. The van der Waals surface area contributed by atoms with Gasteiger partial charge in [0.2, 0.25) is 5.88 Å². The lowest BCUT2D eigenvalue weighted by molar-refractivity contribution is 0.00397. The first-order valence-electron chi connectivity index (χ1n) is 22.4. The first-order valence-corrected chi connectivity index (χ1v) is 23.2. The summed E-state index contributed by atoms with van der Waals surface area (Å²) in [5.74, 6) is 0.314. The van der Waals surface area contributed by atoms with Gasteiger partial charge in [0.05, 0.1) is 52.5 Å². The quantitative estimate of drug-likeness (QED) is 0.0588. The summed E-state index contributed by atoms with van der Waals surface area (Å²) in [7, 11) is 0. The van der Waals surface area contributed by atoms with Gasteiger partial charge in [0.15, 0.2) is 11.3 Å². The van der Waals surface area contributed by atoms with Crippen molar-refractivity contribution in [1.82, 2.24) is 39.8 Å². The van der Waals surface area contributed by atoms with Crippen LogP contribution in [0.15, 0.2) is 65.5 Å². The number of nitrogens with zero attached hydrogens (tertiary/aromatic N) is 6. The highest BCUT2D eigenvalue weighted by Crippen LogP contribution is 2.32. The zero-order chi connectivity index (χ0) is 46.2. The Morgan fingerprint density at radius 3 is 1.65 bits per heavy atom. The van der Waals surface area contributed by atoms with Gasteiger partial charge in [-0.1, -0.05) is 18.6 Å². The Kier molecular flexibility index (Phi) is 13.2. The van der Waals surface area contributed by atoms with E-state index in [9.17, 15) is 24.9 Å². The average molecular weight is 952 g/mol. The van der Waals surface area contributed by atoms with E-state index in [1.807, 2.05) is 56.3 Å². The number of fused-ring (bicyclic) bond motifs is 2. The molecule has 4 heterocycles. The minimum Gasteiger partial charge on any atom is -0.471 e. The van der Waals surface area contributed by atoms with Crippen molar-refractivity contribution in [3.05, 3.63) is 87.8 Å². The first kappa shape index (κ1) is 45.9. The number of aryl methyl sites for hydroxylation is 2. The molecule has 3 aliphatic carbocycles. The van der Waals surface area contributed by atoms with Crippen molar-refractivity contribution >= 4 is 50.4 Å². The largest absolute Gasteiger partial charge is 0.471 e. The molecule has 2 atom stereocenters. The first-order chi connectivity index (χ1) is 30.9. The molecule has 0 saturated heterocycles. The van der Waals surface area contributed by atoms with E-state index in [-0.39, 0.29) is 17.9 Å². The van der Waals surface area contributed by atoms with Gasteiger partial charge in [-0.25, -0.2) is 19.0 Å². The summed E-state index contributed by atoms with van der Waals surface area (Å²) in [6, 6.07) is 15.7. The van der Waals surface area contributed by atoms with Crippen LogP contribution in [0.1, 0.15) is 111 Å². The molecule has 0 spiro atoms. The highest BCUT2D eigenvalue weighted by molar-refractivity contribution is 9.10. The number of hydrogen-bond acceptors (Lipinski definition) is 12. The third-order valence-corrected chi connectivity index (χ3v) is 12.0. The third kappa shape index (κ3) is 11.4. The van der Waals surface area contributed by atoms with E-state index in [1.54, 1.807) is 55.2 Å². The van der Waals surface area contributed by atoms with E-state index >= 15 is 0 Å². The van der Waals surface area contributed by atoms with Gasteiger partial charge in [-0.05, 0) is 144 Å². The molecule has 344 valence electrons. The maximum Gasteiger partial charge on any atom is 0.251 e. The van der Waals surface area contributed by atoms with Gasteiger partial charge in [0, 0.05) is 53.5 Å². The van der Waals surface area contributed by atoms with Crippen molar-refractivity contribution in [2.45, 2.75) is 128 Å². The number of amides is 2. The summed E-state index contributed by atoms with van der Waals surface area (Å²) in [6.45, 7) is 11.5. The van der Waals surface area contributed by atoms with Crippen LogP contribution in [0, 0.1) is 13.8 Å². The van der Waals surface area contributed by atoms with Crippen molar-refractivity contribution in [3.63, 3.8) is 0 Å². The molecule has 2 unspecified atom stereocenters. The second-order valence-corrected chi connectivity index (χ2v) is 19.7. The lowest BCUT2D eigenvalue weighted by Crippen LogP contribution is -2.35. The van der Waals surface area contributed by atoms with E-state index in [0.717, 1.165) is 84.3 Å². The van der Waals surface area contributed by atoms with Crippen molar-refractivity contribution in [2.24, 2.45) is 0 Å². The number of aromatic nitrogens is 6. The molecule has 3 saturated carbocycles. The van der Waals surface area contributed by atoms with Gasteiger partial charge in [-0.3, -0.25) is 9.59 Å². The predicted octanol–water partition coefficient (Wildman–Crippen LogP) is 7.00. The molecule has 0 bridgehead atoms. The Bertz CT molecular complexity index is 2710. The SMILES string of the molecule is Cc1cc(-c2cnc3c(NCC(C)(C)O)cc(Br)nn23)ccc1C(=O)NC1CC1.Cc1cc(-c2cnc3c(NCC(C)(C)O)cc(OC4CCCCC4O)nn23)ccc1C(=O)NC1CC1. The molecule has 7 N–H and O–H groups in total. The number of carbonyl (C=O) groups is 2. The monoisotopic (exact) mass is 950 g/mol. The topological polar surface area (TPSA) is 213 Å². The van der Waals surface area contributed by atoms with E-state index in [1.165, 1.54) is 0 Å². The number of benzene rings is 2. The number of ether oxygens (including phenoxy) is 1. The number of rotatable bonds is 14. The molecule has 3 aliphatic rings. The molecule has 6 aromatic rings. The average Bonchev–Trinajstić information content (AvgIpc) is 4.16. The molecule has 16 nitrogen and oxygen atoms in total. The van der Waals surface area contributed by atoms with Gasteiger partial charge in [-0.15, -0.1) is 5.10 Å². The van der Waals surface area contributed by atoms with Crippen LogP contribution >= 0.6 is 15.9 Å². The summed E-state index contributed by atoms with van der Waals surface area (Å²) in [5, 5.41) is 52.5. The summed E-state index contributed by atoms with van der Waals surface area (Å²) >= 11 is 3.45. The molecule has 17 heteroatoms. The Morgan fingerprint density at radius 2 is 1.18 bits per heavy atom. The Labute approximate surface area is 386 Å². The molecule has 0 aliphatic heterocycles. The Hall–Kier alpha value is -5.62. The molecule has 4 aromatic heterocycles. The fraction of sp³-hybridized carbons (Fsp3) is 0.458. The maximum atomic E-state index is 12.6. The number of carbonyl (C=O) groups excluding carboxylic acids is 2. The standard InChI is InChI=1S/C27H35N5O4.C21H24BrN5O2/c1-16-12-17(8-11-19(16)26(34)30-18-9-10-18)21-14-28-25-20(29-15-27(2,3)35)13-24(31-32(21)25)36-23-7-5-4-6-22(23)33;1-12-8-13(4-7-15(12)20(28)25-14-5-6-14)17-10-23-19-16(24-11-21(2,3)29)9-18(22)26-27(17)19/h8,11-14,18,22-23,29,33,35H,4-7,9-10,15H2,1-3H3,(H,30,34);4,7-10,14,24,29H,5-6,11H2,1-3H3,(H,25,28). The molecule has 3 fully saturated rings. The second-order valence-electron chi connectivity index (χ2n) is 18.9. The summed E-state index contributed by atoms with van der Waals surface area (Å²) in [5.41, 5.74) is 7.45. The van der Waals surface area contributed by atoms with E-state index in [2.05, 4.69) is 52.3 Å².